The fourth-order valence-corrected chi connectivity index (χ4v) is 1.83. The van der Waals surface area contributed by atoms with E-state index < -0.39 is 0 Å². The summed E-state index contributed by atoms with van der Waals surface area (Å²) in [5.74, 6) is 0.644. The van der Waals surface area contributed by atoms with Crippen molar-refractivity contribution in [1.29, 1.82) is 0 Å². The first-order chi connectivity index (χ1) is 8.20. The second kappa shape index (κ2) is 5.29. The van der Waals surface area contributed by atoms with Gasteiger partial charge in [-0.2, -0.15) is 0 Å². The molecular formula is C11H11BrN2O3. The maximum absolute atomic E-state index is 11.7. The molecule has 2 heterocycles. The number of hydrogen-bond donors (Lipinski definition) is 0. The highest BCUT2D eigenvalue weighted by molar-refractivity contribution is 9.10. The SMILES string of the molecule is COCc1cc(Cn2cccc(Br)c2=O)no1. The second-order valence-corrected chi connectivity index (χ2v) is 4.36. The van der Waals surface area contributed by atoms with E-state index in [1.54, 1.807) is 36.1 Å². The molecule has 0 saturated heterocycles. The average Bonchev–Trinajstić information content (AvgIpc) is 2.73. The van der Waals surface area contributed by atoms with E-state index >= 15 is 0 Å². The summed E-state index contributed by atoms with van der Waals surface area (Å²) < 4.78 is 12.1. The number of methoxy groups -OCH3 is 1. The van der Waals surface area contributed by atoms with Crippen LogP contribution in [0.1, 0.15) is 11.5 Å². The molecule has 0 radical (unpaired) electrons. The highest BCUT2D eigenvalue weighted by Gasteiger charge is 2.06. The Kier molecular flexibility index (Phi) is 3.75. The number of ether oxygens (including phenoxy) is 1. The minimum Gasteiger partial charge on any atom is -0.377 e. The molecular weight excluding hydrogens is 288 g/mol. The van der Waals surface area contributed by atoms with Crippen LogP contribution in [0.25, 0.3) is 0 Å². The van der Waals surface area contributed by atoms with E-state index in [0.717, 1.165) is 0 Å². The molecule has 0 amide bonds. The van der Waals surface area contributed by atoms with E-state index in [-0.39, 0.29) is 5.56 Å². The van der Waals surface area contributed by atoms with Gasteiger partial charge in [-0.15, -0.1) is 0 Å². The summed E-state index contributed by atoms with van der Waals surface area (Å²) in [4.78, 5) is 11.7. The monoisotopic (exact) mass is 298 g/mol. The number of halogens is 1. The van der Waals surface area contributed by atoms with Crippen LogP contribution in [0.15, 0.2) is 38.2 Å². The minimum atomic E-state index is -0.0937. The molecule has 0 aromatic carbocycles. The topological polar surface area (TPSA) is 57.3 Å². The fourth-order valence-electron chi connectivity index (χ4n) is 1.45. The van der Waals surface area contributed by atoms with Gasteiger partial charge in [0.2, 0.25) is 0 Å². The first-order valence-corrected chi connectivity index (χ1v) is 5.78. The zero-order valence-corrected chi connectivity index (χ0v) is 10.8. The van der Waals surface area contributed by atoms with E-state index in [1.165, 1.54) is 0 Å². The molecule has 0 aliphatic carbocycles. The minimum absolute atomic E-state index is 0.0937. The average molecular weight is 299 g/mol. The quantitative estimate of drug-likeness (QED) is 0.863. The van der Waals surface area contributed by atoms with Crippen LogP contribution in [0.4, 0.5) is 0 Å². The lowest BCUT2D eigenvalue weighted by molar-refractivity contribution is 0.155. The van der Waals surface area contributed by atoms with Crippen LogP contribution in [-0.4, -0.2) is 16.8 Å². The number of hydrogen-bond acceptors (Lipinski definition) is 4. The second-order valence-electron chi connectivity index (χ2n) is 3.51. The third-order valence-electron chi connectivity index (χ3n) is 2.20. The van der Waals surface area contributed by atoms with Crippen molar-refractivity contribution in [2.75, 3.05) is 7.11 Å². The van der Waals surface area contributed by atoms with Gasteiger partial charge in [0.1, 0.15) is 12.3 Å². The zero-order valence-electron chi connectivity index (χ0n) is 9.22. The van der Waals surface area contributed by atoms with Gasteiger partial charge in [0.05, 0.1) is 11.0 Å². The molecule has 0 saturated carbocycles. The number of nitrogens with zero attached hydrogens (tertiary/aromatic N) is 2. The molecule has 0 spiro atoms. The van der Waals surface area contributed by atoms with E-state index in [0.29, 0.717) is 29.1 Å². The van der Waals surface area contributed by atoms with Crippen molar-refractivity contribution in [3.63, 3.8) is 0 Å². The van der Waals surface area contributed by atoms with Crippen LogP contribution in [0.3, 0.4) is 0 Å². The van der Waals surface area contributed by atoms with Crippen molar-refractivity contribution in [2.45, 2.75) is 13.2 Å². The molecule has 0 bridgehead atoms. The molecule has 0 aliphatic heterocycles. The predicted octanol–water partition coefficient (Wildman–Crippen LogP) is 1.79. The summed E-state index contributed by atoms with van der Waals surface area (Å²) in [6.07, 6.45) is 1.71. The van der Waals surface area contributed by atoms with E-state index in [2.05, 4.69) is 21.1 Å². The fraction of sp³-hybridized carbons (Fsp3) is 0.273. The van der Waals surface area contributed by atoms with Crippen LogP contribution in [0, 0.1) is 0 Å². The van der Waals surface area contributed by atoms with Crippen molar-refractivity contribution < 1.29 is 9.26 Å². The number of pyridine rings is 1. The van der Waals surface area contributed by atoms with Crippen molar-refractivity contribution in [2.24, 2.45) is 0 Å². The lowest BCUT2D eigenvalue weighted by atomic mass is 10.3. The molecule has 0 atom stereocenters. The van der Waals surface area contributed by atoms with Gasteiger partial charge in [-0.25, -0.2) is 0 Å². The molecule has 6 heteroatoms. The standard InChI is InChI=1S/C11H11BrN2O3/c1-16-7-9-5-8(13-17-9)6-14-4-2-3-10(12)11(14)15/h2-5H,6-7H2,1H3. The van der Waals surface area contributed by atoms with Crippen LogP contribution in [0.5, 0.6) is 0 Å². The van der Waals surface area contributed by atoms with Gasteiger partial charge >= 0.3 is 0 Å². The molecule has 0 N–H and O–H groups in total. The van der Waals surface area contributed by atoms with Gasteiger partial charge in [0.15, 0.2) is 5.76 Å². The smallest absolute Gasteiger partial charge is 0.265 e. The Labute approximate surface area is 106 Å². The zero-order chi connectivity index (χ0) is 12.3. The van der Waals surface area contributed by atoms with Gasteiger partial charge in [0, 0.05) is 19.4 Å². The summed E-state index contributed by atoms with van der Waals surface area (Å²) in [5, 5.41) is 3.87. The maximum atomic E-state index is 11.7. The summed E-state index contributed by atoms with van der Waals surface area (Å²) in [7, 11) is 1.58. The van der Waals surface area contributed by atoms with Crippen LogP contribution >= 0.6 is 15.9 Å². The molecule has 17 heavy (non-hydrogen) atoms. The Morgan fingerprint density at radius 1 is 1.59 bits per heavy atom. The summed E-state index contributed by atoms with van der Waals surface area (Å²) >= 11 is 3.19. The number of rotatable bonds is 4. The normalized spacial score (nSPS) is 10.7. The first kappa shape index (κ1) is 12.1. The van der Waals surface area contributed by atoms with Gasteiger partial charge in [-0.1, -0.05) is 5.16 Å². The van der Waals surface area contributed by atoms with E-state index in [9.17, 15) is 4.79 Å². The predicted molar refractivity (Wildman–Crippen MR) is 64.7 cm³/mol. The Morgan fingerprint density at radius 3 is 3.18 bits per heavy atom. The molecule has 90 valence electrons. The van der Waals surface area contributed by atoms with Crippen molar-refractivity contribution in [3.05, 3.63) is 50.7 Å². The third kappa shape index (κ3) is 2.83. The van der Waals surface area contributed by atoms with Gasteiger partial charge in [0.25, 0.3) is 5.56 Å². The van der Waals surface area contributed by atoms with Gasteiger partial charge in [-0.05, 0) is 28.1 Å². The molecule has 5 nitrogen and oxygen atoms in total. The third-order valence-corrected chi connectivity index (χ3v) is 2.80. The van der Waals surface area contributed by atoms with Crippen molar-refractivity contribution >= 4 is 15.9 Å². The van der Waals surface area contributed by atoms with Gasteiger partial charge < -0.3 is 13.8 Å². The molecule has 2 aromatic rings. The van der Waals surface area contributed by atoms with E-state index in [1.807, 2.05) is 0 Å². The largest absolute Gasteiger partial charge is 0.377 e. The van der Waals surface area contributed by atoms with Crippen LogP contribution in [-0.2, 0) is 17.9 Å². The summed E-state index contributed by atoms with van der Waals surface area (Å²) in [5.41, 5.74) is 0.598. The maximum Gasteiger partial charge on any atom is 0.265 e. The van der Waals surface area contributed by atoms with Crippen molar-refractivity contribution in [3.8, 4) is 0 Å². The van der Waals surface area contributed by atoms with Crippen molar-refractivity contribution in [1.82, 2.24) is 9.72 Å². The van der Waals surface area contributed by atoms with Crippen LogP contribution in [0.2, 0.25) is 0 Å². The summed E-state index contributed by atoms with van der Waals surface area (Å²) in [6.45, 7) is 0.756. The lowest BCUT2D eigenvalue weighted by Crippen LogP contribution is -2.20. The Morgan fingerprint density at radius 2 is 2.41 bits per heavy atom. The first-order valence-electron chi connectivity index (χ1n) is 4.99. The Balaban J connectivity index is 2.19. The van der Waals surface area contributed by atoms with Crippen LogP contribution < -0.4 is 5.56 Å². The molecule has 2 aromatic heterocycles. The highest BCUT2D eigenvalue weighted by atomic mass is 79.9. The molecule has 2 rings (SSSR count). The van der Waals surface area contributed by atoms with E-state index in [4.69, 9.17) is 9.26 Å². The highest BCUT2D eigenvalue weighted by Crippen LogP contribution is 2.07. The van der Waals surface area contributed by atoms with Gasteiger partial charge in [-0.3, -0.25) is 4.79 Å². The number of aromatic nitrogens is 2. The Bertz CT molecular complexity index is 562. The molecule has 0 fully saturated rings. The molecule has 0 unspecified atom stereocenters. The molecule has 0 aliphatic rings. The lowest BCUT2D eigenvalue weighted by Gasteiger charge is -2.01. The Hall–Kier alpha value is -1.40. The summed E-state index contributed by atoms with van der Waals surface area (Å²) in [6, 6.07) is 5.27.